The van der Waals surface area contributed by atoms with E-state index in [1.807, 2.05) is 30.3 Å². The quantitative estimate of drug-likeness (QED) is 0.769. The normalized spacial score (nSPS) is 12.8. The Morgan fingerprint density at radius 3 is 2.74 bits per heavy atom. The lowest BCUT2D eigenvalue weighted by Gasteiger charge is -2.19. The first-order valence-corrected chi connectivity index (χ1v) is 9.15. The van der Waals surface area contributed by atoms with Crippen molar-refractivity contribution in [1.82, 2.24) is 10.3 Å². The predicted molar refractivity (Wildman–Crippen MR) is 105 cm³/mol. The highest BCUT2D eigenvalue weighted by molar-refractivity contribution is 5.88. The average molecular weight is 362 g/mol. The molecule has 3 aromatic rings. The number of hydrogen-bond donors (Lipinski definition) is 1. The molecule has 1 aliphatic rings. The Morgan fingerprint density at radius 2 is 1.93 bits per heavy atom. The minimum Gasteiger partial charge on any atom is -0.486 e. The van der Waals surface area contributed by atoms with E-state index in [0.29, 0.717) is 26.1 Å². The van der Waals surface area contributed by atoms with Crippen LogP contribution < -0.4 is 14.8 Å². The molecule has 27 heavy (non-hydrogen) atoms. The molecule has 5 nitrogen and oxygen atoms in total. The fourth-order valence-corrected chi connectivity index (χ4v) is 3.40. The third kappa shape index (κ3) is 3.45. The minimum atomic E-state index is 0.0340. The molecule has 0 unspecified atom stereocenters. The Kier molecular flexibility index (Phi) is 4.67. The summed E-state index contributed by atoms with van der Waals surface area (Å²) in [6.07, 6.45) is 1.11. The molecule has 0 radical (unpaired) electrons. The summed E-state index contributed by atoms with van der Waals surface area (Å²) in [5.74, 6) is 1.56. The number of para-hydroxylation sites is 1. The van der Waals surface area contributed by atoms with Crippen molar-refractivity contribution in [2.45, 2.75) is 19.8 Å². The molecule has 0 aliphatic carbocycles. The van der Waals surface area contributed by atoms with E-state index in [1.54, 1.807) is 7.05 Å². The van der Waals surface area contributed by atoms with E-state index in [2.05, 4.69) is 24.4 Å². The van der Waals surface area contributed by atoms with Gasteiger partial charge in [-0.05, 0) is 48.7 Å². The summed E-state index contributed by atoms with van der Waals surface area (Å²) >= 11 is 0. The maximum atomic E-state index is 11.7. The van der Waals surface area contributed by atoms with Crippen LogP contribution in [0.3, 0.4) is 0 Å². The van der Waals surface area contributed by atoms with E-state index in [1.165, 1.54) is 0 Å². The first-order valence-electron chi connectivity index (χ1n) is 9.15. The SMILES string of the molecule is CNC(=O)CCc1cccc2c(C)cc(-c3ccc4c(c3)OCCO4)nc12. The molecule has 0 saturated heterocycles. The smallest absolute Gasteiger partial charge is 0.220 e. The van der Waals surface area contributed by atoms with Crippen molar-refractivity contribution in [2.75, 3.05) is 20.3 Å². The van der Waals surface area contributed by atoms with E-state index < -0.39 is 0 Å². The Bertz CT molecular complexity index is 1010. The Hall–Kier alpha value is -3.08. The summed E-state index contributed by atoms with van der Waals surface area (Å²) in [7, 11) is 1.66. The van der Waals surface area contributed by atoms with Crippen LogP contribution >= 0.6 is 0 Å². The first-order chi connectivity index (χ1) is 13.2. The monoisotopic (exact) mass is 362 g/mol. The fraction of sp³-hybridized carbons (Fsp3) is 0.273. The van der Waals surface area contributed by atoms with E-state index >= 15 is 0 Å². The van der Waals surface area contributed by atoms with Gasteiger partial charge in [0, 0.05) is 24.4 Å². The maximum absolute atomic E-state index is 11.7. The number of aryl methyl sites for hydroxylation is 2. The zero-order chi connectivity index (χ0) is 18.8. The standard InChI is InChI=1S/C22H22N2O3/c1-14-12-18(16-6-8-19-20(13-16)27-11-10-26-19)24-22-15(4-3-5-17(14)22)7-9-21(25)23-2/h3-6,8,12-13H,7,9-11H2,1-2H3,(H,23,25). The third-order valence-corrected chi connectivity index (χ3v) is 4.87. The lowest BCUT2D eigenvalue weighted by Crippen LogP contribution is -2.18. The highest BCUT2D eigenvalue weighted by Gasteiger charge is 2.15. The second-order valence-corrected chi connectivity index (χ2v) is 6.67. The highest BCUT2D eigenvalue weighted by Crippen LogP contribution is 2.35. The van der Waals surface area contributed by atoms with Crippen molar-refractivity contribution in [2.24, 2.45) is 0 Å². The molecule has 4 rings (SSSR count). The number of hydrogen-bond acceptors (Lipinski definition) is 4. The molecule has 138 valence electrons. The lowest BCUT2D eigenvalue weighted by molar-refractivity contribution is -0.120. The summed E-state index contributed by atoms with van der Waals surface area (Å²) in [6.45, 7) is 3.23. The van der Waals surface area contributed by atoms with E-state index in [-0.39, 0.29) is 5.91 Å². The molecule has 0 atom stereocenters. The van der Waals surface area contributed by atoms with Crippen LogP contribution in [0.15, 0.2) is 42.5 Å². The number of fused-ring (bicyclic) bond motifs is 2. The van der Waals surface area contributed by atoms with Crippen LogP contribution in [0.2, 0.25) is 0 Å². The third-order valence-electron chi connectivity index (χ3n) is 4.87. The van der Waals surface area contributed by atoms with Crippen LogP contribution in [0.25, 0.3) is 22.2 Å². The van der Waals surface area contributed by atoms with Crippen LogP contribution in [0.4, 0.5) is 0 Å². The maximum Gasteiger partial charge on any atom is 0.220 e. The number of rotatable bonds is 4. The zero-order valence-electron chi connectivity index (χ0n) is 15.5. The highest BCUT2D eigenvalue weighted by atomic mass is 16.6. The summed E-state index contributed by atoms with van der Waals surface area (Å²) in [5, 5.41) is 3.79. The number of amides is 1. The average Bonchev–Trinajstić information content (AvgIpc) is 2.71. The zero-order valence-corrected chi connectivity index (χ0v) is 15.5. The van der Waals surface area contributed by atoms with Crippen molar-refractivity contribution < 1.29 is 14.3 Å². The van der Waals surface area contributed by atoms with E-state index in [9.17, 15) is 4.79 Å². The number of carbonyl (C=O) groups is 1. The van der Waals surface area contributed by atoms with E-state index in [0.717, 1.165) is 44.8 Å². The van der Waals surface area contributed by atoms with Gasteiger partial charge in [0.25, 0.3) is 0 Å². The van der Waals surface area contributed by atoms with Gasteiger partial charge in [-0.2, -0.15) is 0 Å². The Morgan fingerprint density at radius 1 is 1.11 bits per heavy atom. The molecule has 1 N–H and O–H groups in total. The van der Waals surface area contributed by atoms with Crippen molar-refractivity contribution in [3.8, 4) is 22.8 Å². The van der Waals surface area contributed by atoms with Crippen molar-refractivity contribution in [1.29, 1.82) is 0 Å². The van der Waals surface area contributed by atoms with Crippen LogP contribution in [-0.2, 0) is 11.2 Å². The molecule has 1 aromatic heterocycles. The van der Waals surface area contributed by atoms with E-state index in [4.69, 9.17) is 14.5 Å². The number of nitrogens with zero attached hydrogens (tertiary/aromatic N) is 1. The van der Waals surface area contributed by atoms with Gasteiger partial charge in [-0.15, -0.1) is 0 Å². The molecule has 0 bridgehead atoms. The van der Waals surface area contributed by atoms with Gasteiger partial charge in [0.2, 0.25) is 5.91 Å². The number of carbonyl (C=O) groups excluding carboxylic acids is 1. The van der Waals surface area contributed by atoms with Crippen LogP contribution in [-0.4, -0.2) is 31.2 Å². The topological polar surface area (TPSA) is 60.5 Å². The number of ether oxygens (including phenoxy) is 2. The minimum absolute atomic E-state index is 0.0340. The van der Waals surface area contributed by atoms with Crippen LogP contribution in [0.1, 0.15) is 17.5 Å². The molecular weight excluding hydrogens is 340 g/mol. The number of benzene rings is 2. The van der Waals surface area contributed by atoms with Gasteiger partial charge in [0.05, 0.1) is 11.2 Å². The number of aromatic nitrogens is 1. The van der Waals surface area contributed by atoms with Gasteiger partial charge < -0.3 is 14.8 Å². The summed E-state index contributed by atoms with van der Waals surface area (Å²) < 4.78 is 11.3. The molecule has 1 amide bonds. The van der Waals surface area contributed by atoms with Gasteiger partial charge in [0.1, 0.15) is 13.2 Å². The lowest BCUT2D eigenvalue weighted by atomic mass is 10.00. The molecule has 0 fully saturated rings. The molecule has 1 aliphatic heterocycles. The molecular formula is C22H22N2O3. The second-order valence-electron chi connectivity index (χ2n) is 6.67. The fourth-order valence-electron chi connectivity index (χ4n) is 3.40. The van der Waals surface area contributed by atoms with Crippen LogP contribution in [0, 0.1) is 6.92 Å². The molecule has 0 spiro atoms. The largest absolute Gasteiger partial charge is 0.486 e. The second kappa shape index (κ2) is 7.27. The number of nitrogens with one attached hydrogen (secondary N) is 1. The Balaban J connectivity index is 1.77. The molecule has 5 heteroatoms. The van der Waals surface area contributed by atoms with Crippen molar-refractivity contribution in [3.63, 3.8) is 0 Å². The molecule has 0 saturated carbocycles. The number of pyridine rings is 1. The van der Waals surface area contributed by atoms with Crippen molar-refractivity contribution in [3.05, 3.63) is 53.6 Å². The van der Waals surface area contributed by atoms with Gasteiger partial charge in [-0.1, -0.05) is 18.2 Å². The summed E-state index contributed by atoms with van der Waals surface area (Å²) in [5.41, 5.74) is 5.08. The van der Waals surface area contributed by atoms with Gasteiger partial charge in [0.15, 0.2) is 11.5 Å². The molecule has 2 aromatic carbocycles. The van der Waals surface area contributed by atoms with Gasteiger partial charge in [-0.3, -0.25) is 4.79 Å². The Labute approximate surface area is 158 Å². The van der Waals surface area contributed by atoms with Crippen LogP contribution in [0.5, 0.6) is 11.5 Å². The predicted octanol–water partition coefficient (Wildman–Crippen LogP) is 3.66. The molecule has 2 heterocycles. The van der Waals surface area contributed by atoms with Gasteiger partial charge >= 0.3 is 0 Å². The summed E-state index contributed by atoms with van der Waals surface area (Å²) in [4.78, 5) is 16.6. The van der Waals surface area contributed by atoms with Crippen molar-refractivity contribution >= 4 is 16.8 Å². The van der Waals surface area contributed by atoms with Gasteiger partial charge in [-0.25, -0.2) is 4.98 Å². The first kappa shape index (κ1) is 17.3. The summed E-state index contributed by atoms with van der Waals surface area (Å²) in [6, 6.07) is 14.2.